The van der Waals surface area contributed by atoms with Gasteiger partial charge in [0.1, 0.15) is 0 Å². The highest BCUT2D eigenvalue weighted by Gasteiger charge is 2.52. The number of rotatable bonds is 10. The molecule has 0 heterocycles. The average Bonchev–Trinajstić information content (AvgIpc) is 3.75. The molecule has 0 aromatic heterocycles. The maximum Gasteiger partial charge on any atom is 0.192 e. The molecule has 50 heavy (non-hydrogen) atoms. The van der Waals surface area contributed by atoms with Crippen molar-refractivity contribution in [1.29, 1.82) is 0 Å². The van der Waals surface area contributed by atoms with Gasteiger partial charge in [-0.3, -0.25) is 0 Å². The standard InChI is InChI=1S/C45H72O3Si2/c1-32(21-26-41(46)45(28-29-45)36-19-15-14-16-20-36)38-24-25-39-34(18-17-27-44(38,39)9)22-23-35-30-37(47-49(10,11)42(3,4)5)31-40(33(35)2)48-50(12,13)43(6,7)8/h14-16,19-23,26,32,37-41,46H,2,17-18,24-25,27-31H2,1,3-13H3/t32-,37-,38-,39+,40+,41-,44-/m1/s1. The van der Waals surface area contributed by atoms with Gasteiger partial charge in [-0.1, -0.05) is 122 Å². The van der Waals surface area contributed by atoms with Crippen LogP contribution in [0.3, 0.4) is 0 Å². The van der Waals surface area contributed by atoms with Crippen LogP contribution in [0.15, 0.2) is 77.9 Å². The second kappa shape index (κ2) is 14.4. The van der Waals surface area contributed by atoms with Crippen molar-refractivity contribution in [2.24, 2.45) is 23.2 Å². The van der Waals surface area contributed by atoms with Crippen LogP contribution in [0.5, 0.6) is 0 Å². The lowest BCUT2D eigenvalue weighted by atomic mass is 9.61. The highest BCUT2D eigenvalue weighted by molar-refractivity contribution is 6.74. The largest absolute Gasteiger partial charge is 0.413 e. The van der Waals surface area contributed by atoms with E-state index in [9.17, 15) is 5.11 Å². The molecule has 3 nitrogen and oxygen atoms in total. The number of hydrogen-bond acceptors (Lipinski definition) is 3. The Bertz CT molecular complexity index is 1450. The fraction of sp³-hybridized carbons (Fsp3) is 0.689. The van der Waals surface area contributed by atoms with Gasteiger partial charge >= 0.3 is 0 Å². The fourth-order valence-electron chi connectivity index (χ4n) is 9.17. The fourth-order valence-corrected chi connectivity index (χ4v) is 11.8. The van der Waals surface area contributed by atoms with Crippen molar-refractivity contribution in [2.45, 2.75) is 173 Å². The SMILES string of the molecule is C=C1C(=CC=C2CCC[C@]3(C)[C@@H]([C@H](C)C=C[C@@H](O)C4(c5ccccc5)CC4)CC[C@@H]23)C[C@@H](O[Si](C)(C)C(C)(C)C)C[C@@H]1O[Si](C)(C)C(C)(C)C. The van der Waals surface area contributed by atoms with Crippen molar-refractivity contribution in [3.63, 3.8) is 0 Å². The zero-order chi connectivity index (χ0) is 36.9. The first-order valence-corrected chi connectivity index (χ1v) is 25.8. The lowest BCUT2D eigenvalue weighted by Gasteiger charge is -2.45. The Kier molecular flexibility index (Phi) is 11.4. The molecule has 5 rings (SSSR count). The van der Waals surface area contributed by atoms with Crippen LogP contribution in [0, 0.1) is 23.2 Å². The molecule has 0 spiro atoms. The number of allylic oxidation sites excluding steroid dienone is 4. The van der Waals surface area contributed by atoms with E-state index in [1.807, 2.05) is 0 Å². The van der Waals surface area contributed by atoms with Crippen LogP contribution < -0.4 is 0 Å². The highest BCUT2D eigenvalue weighted by Crippen LogP contribution is 2.60. The Balaban J connectivity index is 1.35. The topological polar surface area (TPSA) is 38.7 Å². The summed E-state index contributed by atoms with van der Waals surface area (Å²) in [5.41, 5.74) is 5.62. The summed E-state index contributed by atoms with van der Waals surface area (Å²) < 4.78 is 14.2. The van der Waals surface area contributed by atoms with Gasteiger partial charge in [-0.15, -0.1) is 0 Å². The van der Waals surface area contributed by atoms with E-state index in [2.05, 4.69) is 136 Å². The minimum absolute atomic E-state index is 0.0104. The lowest BCUT2D eigenvalue weighted by molar-refractivity contribution is 0.0969. The molecule has 0 unspecified atom stereocenters. The number of hydrogen-bond donors (Lipinski definition) is 1. The van der Waals surface area contributed by atoms with E-state index in [4.69, 9.17) is 15.4 Å². The molecule has 1 aromatic carbocycles. The first kappa shape index (κ1) is 39.7. The quantitative estimate of drug-likeness (QED) is 0.193. The predicted octanol–water partition coefficient (Wildman–Crippen LogP) is 12.5. The van der Waals surface area contributed by atoms with Gasteiger partial charge in [-0.05, 0) is 128 Å². The zero-order valence-electron chi connectivity index (χ0n) is 34.0. The van der Waals surface area contributed by atoms with Gasteiger partial charge in [0.25, 0.3) is 0 Å². The minimum Gasteiger partial charge on any atom is -0.413 e. The molecule has 4 fully saturated rings. The first-order valence-electron chi connectivity index (χ1n) is 20.0. The summed E-state index contributed by atoms with van der Waals surface area (Å²) in [6.07, 6.45) is 19.4. The van der Waals surface area contributed by atoms with Crippen molar-refractivity contribution in [1.82, 2.24) is 0 Å². The minimum atomic E-state index is -2.00. The summed E-state index contributed by atoms with van der Waals surface area (Å²) in [6.45, 7) is 33.2. The van der Waals surface area contributed by atoms with E-state index in [0.717, 1.165) is 25.7 Å². The molecule has 4 aliphatic rings. The van der Waals surface area contributed by atoms with E-state index >= 15 is 0 Å². The summed E-state index contributed by atoms with van der Waals surface area (Å²) in [5.74, 6) is 1.70. The van der Waals surface area contributed by atoms with Crippen molar-refractivity contribution < 1.29 is 14.0 Å². The second-order valence-electron chi connectivity index (χ2n) is 20.1. The zero-order valence-corrected chi connectivity index (χ0v) is 36.0. The number of fused-ring (bicyclic) bond motifs is 1. The van der Waals surface area contributed by atoms with Gasteiger partial charge < -0.3 is 14.0 Å². The molecule has 0 saturated heterocycles. The molecule has 0 bridgehead atoms. The normalized spacial score (nSPS) is 32.1. The van der Waals surface area contributed by atoms with Crippen LogP contribution in [0.25, 0.3) is 0 Å². The van der Waals surface area contributed by atoms with Gasteiger partial charge in [0.15, 0.2) is 16.6 Å². The summed E-state index contributed by atoms with van der Waals surface area (Å²) in [7, 11) is -3.94. The molecule has 0 aliphatic heterocycles. The van der Waals surface area contributed by atoms with Crippen molar-refractivity contribution >= 4 is 16.6 Å². The molecule has 0 amide bonds. The maximum atomic E-state index is 11.4. The molecular weight excluding hydrogens is 645 g/mol. The van der Waals surface area contributed by atoms with Crippen LogP contribution in [0.2, 0.25) is 36.3 Å². The summed E-state index contributed by atoms with van der Waals surface area (Å²) in [5, 5.41) is 11.7. The van der Waals surface area contributed by atoms with Crippen molar-refractivity contribution in [2.75, 3.05) is 0 Å². The smallest absolute Gasteiger partial charge is 0.192 e. The molecule has 4 saturated carbocycles. The van der Waals surface area contributed by atoms with Crippen LogP contribution in [-0.4, -0.2) is 40.1 Å². The monoisotopic (exact) mass is 717 g/mol. The van der Waals surface area contributed by atoms with Crippen molar-refractivity contribution in [3.05, 3.63) is 83.5 Å². The van der Waals surface area contributed by atoms with E-state index in [-0.39, 0.29) is 27.7 Å². The Morgan fingerprint density at radius 1 is 0.880 bits per heavy atom. The molecule has 1 aromatic rings. The highest BCUT2D eigenvalue weighted by atomic mass is 28.4. The third kappa shape index (κ3) is 8.03. The second-order valence-corrected chi connectivity index (χ2v) is 29.6. The molecule has 0 radical (unpaired) electrons. The van der Waals surface area contributed by atoms with Gasteiger partial charge in [-0.25, -0.2) is 0 Å². The van der Waals surface area contributed by atoms with Crippen LogP contribution >= 0.6 is 0 Å². The van der Waals surface area contributed by atoms with Crippen LogP contribution in [-0.2, 0) is 14.3 Å². The molecule has 278 valence electrons. The maximum absolute atomic E-state index is 11.4. The third-order valence-corrected chi connectivity index (χ3v) is 23.7. The Morgan fingerprint density at radius 2 is 1.50 bits per heavy atom. The van der Waals surface area contributed by atoms with Gasteiger partial charge in [0.05, 0.1) is 18.3 Å². The third-order valence-electron chi connectivity index (χ3n) is 14.7. The van der Waals surface area contributed by atoms with Gasteiger partial charge in [-0.2, -0.15) is 0 Å². The molecule has 1 N–H and O–H groups in total. The van der Waals surface area contributed by atoms with E-state index in [1.54, 1.807) is 5.57 Å². The number of aliphatic hydroxyl groups excluding tert-OH is 1. The van der Waals surface area contributed by atoms with Gasteiger partial charge in [0.2, 0.25) is 0 Å². The Labute approximate surface area is 309 Å². The molecule has 7 atom stereocenters. The van der Waals surface area contributed by atoms with E-state index < -0.39 is 22.7 Å². The van der Waals surface area contributed by atoms with E-state index in [0.29, 0.717) is 23.2 Å². The lowest BCUT2D eigenvalue weighted by Crippen LogP contribution is -2.49. The molecular formula is C45H72O3Si2. The van der Waals surface area contributed by atoms with Gasteiger partial charge in [0, 0.05) is 11.8 Å². The molecule has 5 heteroatoms. The summed E-state index contributed by atoms with van der Waals surface area (Å²) >= 11 is 0. The first-order chi connectivity index (χ1) is 23.1. The van der Waals surface area contributed by atoms with Crippen LogP contribution in [0.1, 0.15) is 119 Å². The number of aliphatic hydroxyl groups is 1. The average molecular weight is 717 g/mol. The summed E-state index contributed by atoms with van der Waals surface area (Å²) in [6, 6.07) is 10.6. The molecule has 4 aliphatic carbocycles. The Morgan fingerprint density at radius 3 is 2.10 bits per heavy atom. The summed E-state index contributed by atoms with van der Waals surface area (Å²) in [4.78, 5) is 0. The van der Waals surface area contributed by atoms with E-state index in [1.165, 1.54) is 48.8 Å². The Hall–Kier alpha value is -1.51. The van der Waals surface area contributed by atoms with Crippen LogP contribution in [0.4, 0.5) is 0 Å². The predicted molar refractivity (Wildman–Crippen MR) is 219 cm³/mol. The van der Waals surface area contributed by atoms with Crippen molar-refractivity contribution in [3.8, 4) is 0 Å². The number of benzene rings is 1.